The van der Waals surface area contributed by atoms with Gasteiger partial charge in [0, 0.05) is 10.6 Å². The molecule has 1 aromatic heterocycles. The molecule has 1 aliphatic heterocycles. The highest BCUT2D eigenvalue weighted by molar-refractivity contribution is 6.30. The van der Waals surface area contributed by atoms with Gasteiger partial charge in [0.1, 0.15) is 18.1 Å². The molecule has 1 aliphatic rings. The molecule has 0 bridgehead atoms. The lowest BCUT2D eigenvalue weighted by Gasteiger charge is -2.11. The van der Waals surface area contributed by atoms with Gasteiger partial charge in [-0.2, -0.15) is 0 Å². The molecule has 2 aromatic carbocycles. The number of carbonyl (C=O) groups excluding carboxylic acids is 3. The number of nitrogens with zero attached hydrogens (tertiary/aromatic N) is 1. The Balaban J connectivity index is 1.37. The highest BCUT2D eigenvalue weighted by Gasteiger charge is 2.36. The van der Waals surface area contributed by atoms with Crippen LogP contribution in [0, 0.1) is 0 Å². The van der Waals surface area contributed by atoms with E-state index in [1.165, 1.54) is 24.5 Å². The Hall–Kier alpha value is -3.58. The second-order valence-corrected chi connectivity index (χ2v) is 7.03. The molecule has 0 aliphatic carbocycles. The van der Waals surface area contributed by atoms with Crippen LogP contribution in [0.4, 0.5) is 0 Å². The SMILES string of the molecule is O=C(NCCOc1cccc(Cl)c1)c1ccc2c(c1)C(=O)N(Cc1ccco1)C2=O. The van der Waals surface area contributed by atoms with Crippen LogP contribution in [-0.4, -0.2) is 35.8 Å². The van der Waals surface area contributed by atoms with Crippen LogP contribution in [0.15, 0.2) is 65.3 Å². The highest BCUT2D eigenvalue weighted by atomic mass is 35.5. The zero-order valence-electron chi connectivity index (χ0n) is 15.8. The van der Waals surface area contributed by atoms with E-state index < -0.39 is 11.8 Å². The smallest absolute Gasteiger partial charge is 0.261 e. The lowest BCUT2D eigenvalue weighted by atomic mass is 10.1. The fourth-order valence-corrected chi connectivity index (χ4v) is 3.31. The number of imide groups is 1. The predicted octanol–water partition coefficient (Wildman–Crippen LogP) is 3.54. The van der Waals surface area contributed by atoms with Gasteiger partial charge in [-0.3, -0.25) is 19.3 Å². The molecule has 30 heavy (non-hydrogen) atoms. The molecule has 8 heteroatoms. The number of halogens is 1. The summed E-state index contributed by atoms with van der Waals surface area (Å²) >= 11 is 5.90. The van der Waals surface area contributed by atoms with Gasteiger partial charge < -0.3 is 14.5 Å². The molecule has 1 N–H and O–H groups in total. The zero-order chi connectivity index (χ0) is 21.1. The predicted molar refractivity (Wildman–Crippen MR) is 109 cm³/mol. The summed E-state index contributed by atoms with van der Waals surface area (Å²) in [6.07, 6.45) is 1.48. The highest BCUT2D eigenvalue weighted by Crippen LogP contribution is 2.26. The van der Waals surface area contributed by atoms with Crippen LogP contribution in [0.25, 0.3) is 0 Å². The van der Waals surface area contributed by atoms with Crippen molar-refractivity contribution in [1.29, 1.82) is 0 Å². The van der Waals surface area contributed by atoms with E-state index in [9.17, 15) is 14.4 Å². The van der Waals surface area contributed by atoms with Gasteiger partial charge in [0.05, 0.1) is 30.5 Å². The standard InChI is InChI=1S/C22H17ClN2O5/c23-15-3-1-4-16(12-15)30-10-8-24-20(26)14-6-7-18-19(11-14)22(28)25(21(18)27)13-17-5-2-9-29-17/h1-7,9,11-12H,8,10,13H2,(H,24,26). The number of furan rings is 1. The Morgan fingerprint density at radius 1 is 1.03 bits per heavy atom. The van der Waals surface area contributed by atoms with Crippen molar-refractivity contribution in [1.82, 2.24) is 10.2 Å². The maximum absolute atomic E-state index is 12.7. The third-order valence-electron chi connectivity index (χ3n) is 4.58. The summed E-state index contributed by atoms with van der Waals surface area (Å²) in [6, 6.07) is 14.8. The maximum Gasteiger partial charge on any atom is 0.261 e. The molecule has 0 atom stereocenters. The van der Waals surface area contributed by atoms with E-state index in [1.807, 2.05) is 0 Å². The number of carbonyl (C=O) groups is 3. The van der Waals surface area contributed by atoms with Crippen LogP contribution >= 0.6 is 11.6 Å². The van der Waals surface area contributed by atoms with Crippen molar-refractivity contribution < 1.29 is 23.5 Å². The Labute approximate surface area is 177 Å². The molecule has 3 amide bonds. The second-order valence-electron chi connectivity index (χ2n) is 6.60. The first-order chi connectivity index (χ1) is 14.5. The molecule has 4 rings (SSSR count). The van der Waals surface area contributed by atoms with Crippen LogP contribution in [0.2, 0.25) is 5.02 Å². The van der Waals surface area contributed by atoms with Gasteiger partial charge in [0.15, 0.2) is 0 Å². The number of rotatable bonds is 7. The minimum atomic E-state index is -0.453. The van der Waals surface area contributed by atoms with E-state index in [0.717, 1.165) is 4.90 Å². The molecule has 0 unspecified atom stereocenters. The molecule has 7 nitrogen and oxygen atoms in total. The first kappa shape index (κ1) is 19.7. The van der Waals surface area contributed by atoms with E-state index in [1.54, 1.807) is 36.4 Å². The second kappa shape index (κ2) is 8.42. The number of hydrogen-bond acceptors (Lipinski definition) is 5. The molecule has 152 valence electrons. The zero-order valence-corrected chi connectivity index (χ0v) is 16.5. The summed E-state index contributed by atoms with van der Waals surface area (Å²) in [5, 5.41) is 3.29. The van der Waals surface area contributed by atoms with E-state index in [-0.39, 0.29) is 42.3 Å². The third kappa shape index (κ3) is 4.06. The maximum atomic E-state index is 12.7. The van der Waals surface area contributed by atoms with Crippen LogP contribution in [-0.2, 0) is 6.54 Å². The number of fused-ring (bicyclic) bond motifs is 1. The van der Waals surface area contributed by atoms with Crippen LogP contribution in [0.1, 0.15) is 36.8 Å². The minimum Gasteiger partial charge on any atom is -0.492 e. The fraction of sp³-hybridized carbons (Fsp3) is 0.136. The van der Waals surface area contributed by atoms with Crippen molar-refractivity contribution in [2.75, 3.05) is 13.2 Å². The summed E-state index contributed by atoms with van der Waals surface area (Å²) in [4.78, 5) is 38.7. The summed E-state index contributed by atoms with van der Waals surface area (Å²) in [6.45, 7) is 0.563. The normalized spacial score (nSPS) is 12.8. The van der Waals surface area contributed by atoms with Crippen molar-refractivity contribution in [3.63, 3.8) is 0 Å². The molecule has 0 fully saturated rings. The van der Waals surface area contributed by atoms with E-state index in [4.69, 9.17) is 20.8 Å². The van der Waals surface area contributed by atoms with Gasteiger partial charge in [0.2, 0.25) is 0 Å². The topological polar surface area (TPSA) is 88.8 Å². The fourth-order valence-electron chi connectivity index (χ4n) is 3.13. The molecule has 0 radical (unpaired) electrons. The minimum absolute atomic E-state index is 0.0434. The molecule has 0 saturated carbocycles. The van der Waals surface area contributed by atoms with Gasteiger partial charge in [-0.05, 0) is 48.5 Å². The van der Waals surface area contributed by atoms with Crippen molar-refractivity contribution in [3.8, 4) is 5.75 Å². The first-order valence-electron chi connectivity index (χ1n) is 9.22. The third-order valence-corrected chi connectivity index (χ3v) is 4.81. The number of hydrogen-bond donors (Lipinski definition) is 1. The van der Waals surface area contributed by atoms with Crippen molar-refractivity contribution in [3.05, 3.63) is 88.3 Å². The molecule has 3 aromatic rings. The summed E-state index contributed by atoms with van der Waals surface area (Å²) < 4.78 is 10.7. The largest absolute Gasteiger partial charge is 0.492 e. The number of amides is 3. The monoisotopic (exact) mass is 424 g/mol. The average molecular weight is 425 g/mol. The van der Waals surface area contributed by atoms with Gasteiger partial charge in [-0.25, -0.2) is 0 Å². The van der Waals surface area contributed by atoms with E-state index in [2.05, 4.69) is 5.32 Å². The van der Waals surface area contributed by atoms with Crippen molar-refractivity contribution in [2.24, 2.45) is 0 Å². The van der Waals surface area contributed by atoms with Crippen molar-refractivity contribution >= 4 is 29.3 Å². The van der Waals surface area contributed by atoms with Gasteiger partial charge >= 0.3 is 0 Å². The molecular weight excluding hydrogens is 408 g/mol. The first-order valence-corrected chi connectivity index (χ1v) is 9.60. The Morgan fingerprint density at radius 2 is 1.87 bits per heavy atom. The van der Waals surface area contributed by atoms with Crippen molar-refractivity contribution in [2.45, 2.75) is 6.54 Å². The Bertz CT molecular complexity index is 1110. The number of nitrogens with one attached hydrogen (secondary N) is 1. The molecule has 0 spiro atoms. The number of ether oxygens (including phenoxy) is 1. The Morgan fingerprint density at radius 3 is 2.63 bits per heavy atom. The van der Waals surface area contributed by atoms with Gasteiger partial charge in [0.25, 0.3) is 17.7 Å². The van der Waals surface area contributed by atoms with Crippen LogP contribution < -0.4 is 10.1 Å². The molecule has 2 heterocycles. The lowest BCUT2D eigenvalue weighted by Crippen LogP contribution is -2.29. The molecule has 0 saturated heterocycles. The van der Waals surface area contributed by atoms with Gasteiger partial charge in [-0.1, -0.05) is 17.7 Å². The Kier molecular flexibility index (Phi) is 5.54. The van der Waals surface area contributed by atoms with Crippen LogP contribution in [0.5, 0.6) is 5.75 Å². The summed E-state index contributed by atoms with van der Waals surface area (Å²) in [5.74, 6) is -0.118. The number of benzene rings is 2. The quantitative estimate of drug-likeness (QED) is 0.463. The molecular formula is C22H17ClN2O5. The van der Waals surface area contributed by atoms with Crippen LogP contribution in [0.3, 0.4) is 0 Å². The average Bonchev–Trinajstić information content (AvgIpc) is 3.34. The summed E-state index contributed by atoms with van der Waals surface area (Å²) in [5.41, 5.74) is 0.763. The summed E-state index contributed by atoms with van der Waals surface area (Å²) in [7, 11) is 0. The lowest BCUT2D eigenvalue weighted by molar-refractivity contribution is 0.0631. The van der Waals surface area contributed by atoms with E-state index >= 15 is 0 Å². The van der Waals surface area contributed by atoms with Gasteiger partial charge in [-0.15, -0.1) is 0 Å². The van der Waals surface area contributed by atoms with E-state index in [0.29, 0.717) is 16.5 Å².